The highest BCUT2D eigenvalue weighted by atomic mass is 32.2. The molecule has 0 radical (unpaired) electrons. The molecule has 2 aliphatic heterocycles. The van der Waals surface area contributed by atoms with Crippen LogP contribution < -0.4 is 20.1 Å². The largest absolute Gasteiger partial charge is 0.472 e. The highest BCUT2D eigenvalue weighted by molar-refractivity contribution is 7.92. The number of sulfonamides is 1. The van der Waals surface area contributed by atoms with E-state index in [1.165, 1.54) is 12.1 Å². The van der Waals surface area contributed by atoms with E-state index in [1.807, 2.05) is 52.8 Å². The van der Waals surface area contributed by atoms with Gasteiger partial charge in [0.1, 0.15) is 6.10 Å². The second kappa shape index (κ2) is 10.7. The number of anilines is 2. The normalized spacial score (nSPS) is 20.1. The Balaban J connectivity index is 1.62. The molecule has 3 N–H and O–H groups in total. The molecular formula is C29H34N6O5S. The van der Waals surface area contributed by atoms with Gasteiger partial charge in [-0.05, 0) is 70.4 Å². The van der Waals surface area contributed by atoms with E-state index in [1.54, 1.807) is 23.1 Å². The molecular weight excluding hydrogens is 544 g/mol. The van der Waals surface area contributed by atoms with Gasteiger partial charge in [0.05, 0.1) is 23.1 Å². The molecule has 3 amide bonds. The number of fused-ring (bicyclic) bond motifs is 6. The molecule has 6 bridgehead atoms. The van der Waals surface area contributed by atoms with E-state index in [-0.39, 0.29) is 41.8 Å². The second-order valence-electron chi connectivity index (χ2n) is 11.6. The predicted molar refractivity (Wildman–Crippen MR) is 155 cm³/mol. The first kappa shape index (κ1) is 28.3. The maximum atomic E-state index is 13.4. The molecule has 11 nitrogen and oxygen atoms in total. The summed E-state index contributed by atoms with van der Waals surface area (Å²) in [6.07, 6.45) is -0.265. The van der Waals surface area contributed by atoms with E-state index in [9.17, 15) is 18.0 Å². The predicted octanol–water partition coefficient (Wildman–Crippen LogP) is 4.09. The molecule has 0 aliphatic carbocycles. The first-order valence-corrected chi connectivity index (χ1v) is 14.9. The Hall–Kier alpha value is -4.19. The molecule has 5 rings (SSSR count). The van der Waals surface area contributed by atoms with Gasteiger partial charge in [-0.3, -0.25) is 4.79 Å². The minimum Gasteiger partial charge on any atom is -0.472 e. The van der Waals surface area contributed by atoms with Crippen LogP contribution in [-0.2, 0) is 14.8 Å². The lowest BCUT2D eigenvalue weighted by molar-refractivity contribution is -0.122. The summed E-state index contributed by atoms with van der Waals surface area (Å²) >= 11 is 0. The average molecular weight is 579 g/mol. The number of nitrogens with zero attached hydrogens (tertiary/aromatic N) is 3. The van der Waals surface area contributed by atoms with Crippen LogP contribution in [0.3, 0.4) is 0 Å². The summed E-state index contributed by atoms with van der Waals surface area (Å²) < 4.78 is 35.4. The van der Waals surface area contributed by atoms with E-state index in [4.69, 9.17) is 4.74 Å². The number of piperidine rings is 1. The fourth-order valence-corrected chi connectivity index (χ4v) is 6.10. The Labute approximate surface area is 239 Å². The lowest BCUT2D eigenvalue weighted by Crippen LogP contribution is -2.56. The van der Waals surface area contributed by atoms with Crippen LogP contribution in [0.5, 0.6) is 5.88 Å². The van der Waals surface area contributed by atoms with Crippen LogP contribution in [0.15, 0.2) is 53.4 Å². The van der Waals surface area contributed by atoms with Gasteiger partial charge in [0.2, 0.25) is 17.7 Å². The van der Waals surface area contributed by atoms with Gasteiger partial charge in [0.25, 0.3) is 10.0 Å². The molecule has 0 saturated carbocycles. The van der Waals surface area contributed by atoms with Crippen molar-refractivity contribution < 1.29 is 22.7 Å². The molecule has 2 aromatic carbocycles. The van der Waals surface area contributed by atoms with E-state index in [0.717, 1.165) is 16.7 Å². The molecule has 216 valence electrons. The number of aromatic nitrogens is 2. The lowest BCUT2D eigenvalue weighted by atomic mass is 9.94. The van der Waals surface area contributed by atoms with Gasteiger partial charge in [0, 0.05) is 29.4 Å². The van der Waals surface area contributed by atoms with Gasteiger partial charge in [-0.2, -0.15) is 4.98 Å². The van der Waals surface area contributed by atoms with E-state index < -0.39 is 27.6 Å². The van der Waals surface area contributed by atoms with Crippen LogP contribution >= 0.6 is 0 Å². The Morgan fingerprint density at radius 1 is 1.05 bits per heavy atom. The molecule has 3 aromatic rings. The monoisotopic (exact) mass is 578 g/mol. The van der Waals surface area contributed by atoms with Crippen molar-refractivity contribution in [2.75, 3.05) is 23.1 Å². The highest BCUT2D eigenvalue weighted by Gasteiger charge is 2.36. The zero-order valence-electron chi connectivity index (χ0n) is 23.7. The van der Waals surface area contributed by atoms with Crippen LogP contribution in [-0.4, -0.2) is 60.0 Å². The molecule has 3 heterocycles. The number of aryl methyl sites for hydroxylation is 2. The smallest absolute Gasteiger partial charge is 0.317 e. The Kier molecular flexibility index (Phi) is 7.37. The Morgan fingerprint density at radius 3 is 2.46 bits per heavy atom. The minimum absolute atomic E-state index is 0.0661. The third kappa shape index (κ3) is 6.43. The maximum absolute atomic E-state index is 13.4. The molecule has 0 unspecified atom stereocenters. The van der Waals surface area contributed by atoms with Gasteiger partial charge in [-0.25, -0.2) is 22.9 Å². The number of hydrogen-bond acceptors (Lipinski definition) is 7. The minimum atomic E-state index is -4.10. The number of nitrogens with one attached hydrogen (secondary N) is 3. The number of amides is 3. The number of hydrogen-bond donors (Lipinski definition) is 3. The molecule has 1 saturated heterocycles. The van der Waals surface area contributed by atoms with Gasteiger partial charge in [-0.15, -0.1) is 0 Å². The van der Waals surface area contributed by atoms with Crippen LogP contribution in [0.1, 0.15) is 38.3 Å². The van der Waals surface area contributed by atoms with Crippen LogP contribution in [0.2, 0.25) is 0 Å². The number of rotatable bonds is 1. The fraction of sp³-hybridized carbons (Fsp3) is 0.379. The van der Waals surface area contributed by atoms with Gasteiger partial charge >= 0.3 is 6.03 Å². The standard InChI is InChI=1S/C29H34N6O5S/c1-17-8-6-9-18(2)25(17)23-14-24-32-27(31-23)34-41(38,39)22-11-7-10-20(13-22)30-26(36)19-12-21(40-24)16-35(15-19)28(37)33-29(3,4)5/h6-11,13-14,19,21H,12,15-16H2,1-5H3,(H,30,36)(H,33,37)(H,31,32,34)/t19-,21+/m0/s1. The van der Waals surface area contributed by atoms with Crippen molar-refractivity contribution in [2.24, 2.45) is 5.92 Å². The summed E-state index contributed by atoms with van der Waals surface area (Å²) in [5, 5.41) is 5.77. The topological polar surface area (TPSA) is 143 Å². The Bertz CT molecular complexity index is 1600. The number of carbonyl (C=O) groups is 2. The van der Waals surface area contributed by atoms with Gasteiger partial charge in [-0.1, -0.05) is 24.3 Å². The third-order valence-electron chi connectivity index (χ3n) is 6.92. The molecule has 12 heteroatoms. The van der Waals surface area contributed by atoms with Crippen LogP contribution in [0.25, 0.3) is 11.3 Å². The summed E-state index contributed by atoms with van der Waals surface area (Å²) in [5.41, 5.74) is 3.05. The third-order valence-corrected chi connectivity index (χ3v) is 8.24. The zero-order valence-corrected chi connectivity index (χ0v) is 24.5. The maximum Gasteiger partial charge on any atom is 0.317 e. The Morgan fingerprint density at radius 2 is 1.76 bits per heavy atom. The molecule has 41 heavy (non-hydrogen) atoms. The number of carbonyl (C=O) groups excluding carboxylic acids is 2. The van der Waals surface area contributed by atoms with Crippen molar-refractivity contribution in [3.05, 3.63) is 59.7 Å². The number of urea groups is 1. The summed E-state index contributed by atoms with van der Waals surface area (Å²) in [5.74, 6) is -0.976. The van der Waals surface area contributed by atoms with Crippen molar-refractivity contribution >= 4 is 33.6 Å². The first-order valence-electron chi connectivity index (χ1n) is 13.4. The summed E-state index contributed by atoms with van der Waals surface area (Å²) in [7, 11) is -4.10. The number of ether oxygens (including phenoxy) is 1. The molecule has 2 atom stereocenters. The number of likely N-dealkylation sites (tertiary alicyclic amines) is 1. The van der Waals surface area contributed by atoms with E-state index in [2.05, 4.69) is 25.3 Å². The van der Waals surface area contributed by atoms with Crippen molar-refractivity contribution in [3.63, 3.8) is 0 Å². The second-order valence-corrected chi connectivity index (χ2v) is 13.2. The van der Waals surface area contributed by atoms with Gasteiger partial charge < -0.3 is 20.3 Å². The van der Waals surface area contributed by atoms with E-state index in [0.29, 0.717) is 17.8 Å². The molecule has 1 aromatic heterocycles. The SMILES string of the molecule is Cc1cccc(C)c1-c1cc2nc(n1)NS(=O)(=O)c1cccc(c1)NC(=O)[C@H]1C[C@H](CN(C(=O)NC(C)(C)C)C1)O2. The molecule has 1 fully saturated rings. The van der Waals surface area contributed by atoms with Crippen molar-refractivity contribution in [2.45, 2.75) is 57.6 Å². The molecule has 2 aliphatic rings. The first-order chi connectivity index (χ1) is 19.3. The lowest BCUT2D eigenvalue weighted by Gasteiger charge is -2.38. The highest BCUT2D eigenvalue weighted by Crippen LogP contribution is 2.31. The van der Waals surface area contributed by atoms with Crippen LogP contribution in [0, 0.1) is 19.8 Å². The quantitative estimate of drug-likeness (QED) is 0.395. The number of benzene rings is 2. The average Bonchev–Trinajstić information content (AvgIpc) is 2.87. The van der Waals surface area contributed by atoms with E-state index >= 15 is 0 Å². The summed E-state index contributed by atoms with van der Waals surface area (Å²) in [6.45, 7) is 9.94. The van der Waals surface area contributed by atoms with Gasteiger partial charge in [0.15, 0.2) is 0 Å². The van der Waals surface area contributed by atoms with Crippen molar-refractivity contribution in [1.82, 2.24) is 20.2 Å². The van der Waals surface area contributed by atoms with Crippen molar-refractivity contribution in [3.8, 4) is 17.1 Å². The molecule has 0 spiro atoms. The zero-order chi connectivity index (χ0) is 29.5. The van der Waals surface area contributed by atoms with Crippen molar-refractivity contribution in [1.29, 1.82) is 0 Å². The fourth-order valence-electron chi connectivity index (χ4n) is 5.11. The van der Waals surface area contributed by atoms with Crippen LogP contribution in [0.4, 0.5) is 16.4 Å². The summed E-state index contributed by atoms with van der Waals surface area (Å²) in [4.78, 5) is 37.0. The summed E-state index contributed by atoms with van der Waals surface area (Å²) in [6, 6.07) is 13.1.